The molecule has 0 saturated carbocycles. The molecule has 1 N–H and O–H groups in total. The number of ether oxygens (including phenoxy) is 1. The molecule has 0 aliphatic carbocycles. The maximum Gasteiger partial charge on any atom is 0.243 e. The molecule has 0 atom stereocenters. The molecule has 0 bridgehead atoms. The van der Waals surface area contributed by atoms with Crippen molar-refractivity contribution >= 4 is 34.4 Å². The van der Waals surface area contributed by atoms with Gasteiger partial charge in [-0.1, -0.05) is 18.2 Å². The molecule has 0 aliphatic heterocycles. The quantitative estimate of drug-likeness (QED) is 0.336. The van der Waals surface area contributed by atoms with E-state index in [1.54, 1.807) is 6.20 Å². The van der Waals surface area contributed by atoms with Gasteiger partial charge in [0.25, 0.3) is 0 Å². The van der Waals surface area contributed by atoms with E-state index in [0.717, 1.165) is 39.2 Å². The number of carbonyl (C=O) groups is 1. The van der Waals surface area contributed by atoms with Crippen LogP contribution in [0.3, 0.4) is 0 Å². The number of anilines is 2. The molecule has 0 unspecified atom stereocenters. The molecule has 8 heteroatoms. The van der Waals surface area contributed by atoms with Crippen molar-refractivity contribution in [1.29, 1.82) is 0 Å². The summed E-state index contributed by atoms with van der Waals surface area (Å²) >= 11 is 0. The fourth-order valence-corrected chi connectivity index (χ4v) is 3.51. The predicted molar refractivity (Wildman–Crippen MR) is 136 cm³/mol. The Morgan fingerprint density at radius 3 is 2.63 bits per heavy atom. The van der Waals surface area contributed by atoms with Gasteiger partial charge in [0.15, 0.2) is 0 Å². The summed E-state index contributed by atoms with van der Waals surface area (Å²) < 4.78 is 5.98. The van der Waals surface area contributed by atoms with Crippen LogP contribution in [0, 0.1) is 13.8 Å². The second kappa shape index (κ2) is 10.8. The van der Waals surface area contributed by atoms with Crippen LogP contribution in [0.1, 0.15) is 23.7 Å². The molecule has 0 fully saturated rings. The normalized spacial score (nSPS) is 11.1. The Kier molecular flexibility index (Phi) is 7.32. The summed E-state index contributed by atoms with van der Waals surface area (Å²) in [4.78, 5) is 29.7. The minimum atomic E-state index is -0.155. The number of pyridine rings is 1. The van der Waals surface area contributed by atoms with Crippen LogP contribution in [0.25, 0.3) is 17.0 Å². The molecule has 2 heterocycles. The van der Waals surface area contributed by atoms with E-state index in [9.17, 15) is 4.79 Å². The van der Waals surface area contributed by atoms with E-state index in [2.05, 4.69) is 20.3 Å². The van der Waals surface area contributed by atoms with Gasteiger partial charge in [0, 0.05) is 23.7 Å². The molecular weight excluding hydrogens is 442 g/mol. The minimum Gasteiger partial charge on any atom is -0.455 e. The minimum absolute atomic E-state index is 0.155. The van der Waals surface area contributed by atoms with Crippen molar-refractivity contribution in [2.24, 2.45) is 0 Å². The highest BCUT2D eigenvalue weighted by atomic mass is 16.7. The molecular formula is C27H27N5O3. The maximum absolute atomic E-state index is 11.5. The van der Waals surface area contributed by atoms with Gasteiger partial charge in [-0.25, -0.2) is 15.0 Å². The molecule has 4 aromatic rings. The van der Waals surface area contributed by atoms with Crippen molar-refractivity contribution < 1.29 is 14.4 Å². The number of hydrogen-bond donors (Lipinski definition) is 1. The van der Waals surface area contributed by atoms with E-state index in [-0.39, 0.29) is 5.91 Å². The lowest BCUT2D eigenvalue weighted by Crippen LogP contribution is -2.27. The standard InChI is InChI=1S/C27H27N5O3/c1-18-14-22(9-12-26(18)35-23-10-7-19(2)28-16-23)31-27-24-15-21(8-11-25(24)29-17-30-27)6-5-13-32(34-4)20(3)33/h5-12,14-17H,13H2,1-4H3,(H,29,30,31). The number of rotatable bonds is 8. The van der Waals surface area contributed by atoms with Crippen LogP contribution in [0.5, 0.6) is 11.5 Å². The second-order valence-corrected chi connectivity index (χ2v) is 8.01. The zero-order chi connectivity index (χ0) is 24.8. The van der Waals surface area contributed by atoms with Crippen LogP contribution in [0.15, 0.2) is 67.1 Å². The highest BCUT2D eigenvalue weighted by Crippen LogP contribution is 2.30. The molecule has 0 aliphatic rings. The summed E-state index contributed by atoms with van der Waals surface area (Å²) in [6, 6.07) is 15.6. The fourth-order valence-electron chi connectivity index (χ4n) is 3.51. The van der Waals surface area contributed by atoms with Gasteiger partial charge >= 0.3 is 0 Å². The van der Waals surface area contributed by atoms with Gasteiger partial charge in [-0.05, 0) is 67.4 Å². The lowest BCUT2D eigenvalue weighted by Gasteiger charge is -2.15. The molecule has 35 heavy (non-hydrogen) atoms. The third-order valence-corrected chi connectivity index (χ3v) is 5.36. The summed E-state index contributed by atoms with van der Waals surface area (Å²) in [7, 11) is 1.47. The van der Waals surface area contributed by atoms with Crippen molar-refractivity contribution in [2.75, 3.05) is 19.0 Å². The van der Waals surface area contributed by atoms with Crippen LogP contribution >= 0.6 is 0 Å². The van der Waals surface area contributed by atoms with Gasteiger partial charge in [-0.2, -0.15) is 0 Å². The van der Waals surface area contributed by atoms with Crippen molar-refractivity contribution in [1.82, 2.24) is 20.0 Å². The molecule has 4 rings (SSSR count). The number of aromatic nitrogens is 3. The Hall–Kier alpha value is -4.30. The van der Waals surface area contributed by atoms with E-state index in [0.29, 0.717) is 18.1 Å². The topological polar surface area (TPSA) is 89.5 Å². The lowest BCUT2D eigenvalue weighted by molar-refractivity contribution is -0.170. The molecule has 0 radical (unpaired) electrons. The summed E-state index contributed by atoms with van der Waals surface area (Å²) in [5.74, 6) is 2.00. The largest absolute Gasteiger partial charge is 0.455 e. The number of carbonyl (C=O) groups excluding carboxylic acids is 1. The first-order chi connectivity index (χ1) is 16.9. The highest BCUT2D eigenvalue weighted by Gasteiger charge is 2.08. The molecule has 2 aromatic carbocycles. The Bertz CT molecular complexity index is 1370. The number of hydroxylamine groups is 2. The van der Waals surface area contributed by atoms with Crippen molar-refractivity contribution in [3.05, 3.63) is 84.0 Å². The van der Waals surface area contributed by atoms with Crippen molar-refractivity contribution in [3.63, 3.8) is 0 Å². The average Bonchev–Trinajstić information content (AvgIpc) is 2.85. The van der Waals surface area contributed by atoms with Gasteiger partial charge in [0.2, 0.25) is 5.91 Å². The van der Waals surface area contributed by atoms with Crippen LogP contribution in [0.2, 0.25) is 0 Å². The van der Waals surface area contributed by atoms with Gasteiger partial charge in [-0.3, -0.25) is 14.6 Å². The first-order valence-corrected chi connectivity index (χ1v) is 11.1. The van der Waals surface area contributed by atoms with Crippen LogP contribution in [-0.4, -0.2) is 39.6 Å². The number of hydrogen-bond acceptors (Lipinski definition) is 7. The van der Waals surface area contributed by atoms with Gasteiger partial charge < -0.3 is 10.1 Å². The summed E-state index contributed by atoms with van der Waals surface area (Å²) in [6.07, 6.45) is 7.06. The number of fused-ring (bicyclic) bond motifs is 1. The van der Waals surface area contributed by atoms with E-state index in [1.165, 1.54) is 25.4 Å². The van der Waals surface area contributed by atoms with E-state index >= 15 is 0 Å². The van der Waals surface area contributed by atoms with Crippen LogP contribution in [-0.2, 0) is 9.63 Å². The Morgan fingerprint density at radius 2 is 1.91 bits per heavy atom. The maximum atomic E-state index is 11.5. The summed E-state index contributed by atoms with van der Waals surface area (Å²) in [5, 5.41) is 5.56. The Labute approximate surface area is 204 Å². The number of nitrogens with zero attached hydrogens (tertiary/aromatic N) is 4. The van der Waals surface area contributed by atoms with Crippen molar-refractivity contribution in [2.45, 2.75) is 20.8 Å². The Morgan fingerprint density at radius 1 is 1.06 bits per heavy atom. The van der Waals surface area contributed by atoms with Gasteiger partial charge in [0.1, 0.15) is 23.6 Å². The van der Waals surface area contributed by atoms with E-state index < -0.39 is 0 Å². The van der Waals surface area contributed by atoms with Crippen LogP contribution in [0.4, 0.5) is 11.5 Å². The molecule has 0 spiro atoms. The van der Waals surface area contributed by atoms with Gasteiger partial charge in [-0.15, -0.1) is 0 Å². The molecule has 1 amide bonds. The molecule has 0 saturated heterocycles. The number of benzene rings is 2. The van der Waals surface area contributed by atoms with Crippen LogP contribution < -0.4 is 10.1 Å². The van der Waals surface area contributed by atoms with Crippen molar-refractivity contribution in [3.8, 4) is 11.5 Å². The third kappa shape index (κ3) is 5.99. The summed E-state index contributed by atoms with van der Waals surface area (Å²) in [5.41, 5.74) is 4.59. The van der Waals surface area contributed by atoms with E-state index in [1.807, 2.05) is 74.5 Å². The van der Waals surface area contributed by atoms with E-state index in [4.69, 9.17) is 9.57 Å². The zero-order valence-electron chi connectivity index (χ0n) is 20.1. The first-order valence-electron chi connectivity index (χ1n) is 11.1. The van der Waals surface area contributed by atoms with Gasteiger partial charge in [0.05, 0.1) is 25.4 Å². The summed E-state index contributed by atoms with van der Waals surface area (Å²) in [6.45, 7) is 5.75. The SMILES string of the molecule is CON(CC=Cc1ccc2ncnc(Nc3ccc(Oc4ccc(C)nc4)c(C)c3)c2c1)C(C)=O. The number of aryl methyl sites for hydroxylation is 2. The monoisotopic (exact) mass is 469 g/mol. The fraction of sp³-hybridized carbons (Fsp3) is 0.185. The molecule has 8 nitrogen and oxygen atoms in total. The predicted octanol–water partition coefficient (Wildman–Crippen LogP) is 5.60. The second-order valence-electron chi connectivity index (χ2n) is 8.01. The molecule has 2 aromatic heterocycles. The Balaban J connectivity index is 1.53. The number of nitrogens with one attached hydrogen (secondary N) is 1. The number of amides is 1. The average molecular weight is 470 g/mol. The smallest absolute Gasteiger partial charge is 0.243 e. The molecule has 178 valence electrons. The zero-order valence-corrected chi connectivity index (χ0v) is 20.1. The lowest BCUT2D eigenvalue weighted by atomic mass is 10.1. The highest BCUT2D eigenvalue weighted by molar-refractivity contribution is 5.92. The first kappa shape index (κ1) is 23.8. The third-order valence-electron chi connectivity index (χ3n) is 5.36.